The van der Waals surface area contributed by atoms with Crippen LogP contribution in [0, 0.1) is 0 Å². The van der Waals surface area contributed by atoms with Crippen LogP contribution in [-0.2, 0) is 4.74 Å². The Labute approximate surface area is 99.7 Å². The van der Waals surface area contributed by atoms with Gasteiger partial charge in [0.05, 0.1) is 5.60 Å². The van der Waals surface area contributed by atoms with Gasteiger partial charge in [0.15, 0.2) is 6.29 Å². The van der Waals surface area contributed by atoms with E-state index in [-0.39, 0.29) is 10.7 Å². The molecule has 0 aromatic carbocycles. The van der Waals surface area contributed by atoms with Gasteiger partial charge in [-0.25, -0.2) is 0 Å². The second kappa shape index (κ2) is 4.83. The monoisotopic (exact) mass is 251 g/mol. The summed E-state index contributed by atoms with van der Waals surface area (Å²) in [6.07, 6.45) is 1.26. The Morgan fingerprint density at radius 1 is 1.60 bits per heavy atom. The summed E-state index contributed by atoms with van der Waals surface area (Å²) < 4.78 is 5.36. The number of alkyl halides is 1. The van der Waals surface area contributed by atoms with Crippen molar-refractivity contribution >= 4 is 28.4 Å². The highest BCUT2D eigenvalue weighted by atomic mass is 35.5. The fraction of sp³-hybridized carbons (Fsp3) is 0.700. The summed E-state index contributed by atoms with van der Waals surface area (Å²) in [5.74, 6) is 0. The largest absolute Gasteiger partial charge is 0.364 e. The third kappa shape index (κ3) is 4.11. The fourth-order valence-corrected chi connectivity index (χ4v) is 1.68. The first kappa shape index (κ1) is 13.0. The fourth-order valence-electron chi connectivity index (χ4n) is 1.16. The first-order valence-corrected chi connectivity index (χ1v) is 5.55. The number of aliphatic hydroxyl groups excluding tert-OH is 1. The quantitative estimate of drug-likeness (QED) is 0.466. The van der Waals surface area contributed by atoms with Crippen LogP contribution in [0.1, 0.15) is 27.2 Å². The number of rotatable bonds is 2. The Hall–Kier alpha value is -0.0900. The summed E-state index contributed by atoms with van der Waals surface area (Å²) >= 11 is 11.6. The number of ether oxygens (including phenoxy) is 1. The van der Waals surface area contributed by atoms with E-state index in [2.05, 4.69) is 4.99 Å². The maximum atomic E-state index is 9.77. The minimum absolute atomic E-state index is 0.220. The molecule has 2 atom stereocenters. The van der Waals surface area contributed by atoms with Crippen molar-refractivity contribution in [3.8, 4) is 0 Å². The van der Waals surface area contributed by atoms with Gasteiger partial charge in [0.25, 0.3) is 0 Å². The number of halogens is 2. The van der Waals surface area contributed by atoms with Gasteiger partial charge in [-0.1, -0.05) is 29.3 Å². The van der Waals surface area contributed by atoms with Crippen LogP contribution >= 0.6 is 23.2 Å². The molecular formula is C10H15Cl2NO2. The summed E-state index contributed by atoms with van der Waals surface area (Å²) in [4.78, 5) is 3.95. The van der Waals surface area contributed by atoms with Crippen LogP contribution in [-0.4, -0.2) is 27.7 Å². The molecule has 1 N–H and O–H groups in total. The Balaban J connectivity index is 2.69. The predicted octanol–water partition coefficient (Wildman–Crippen LogP) is 2.65. The molecule has 0 spiro atoms. The van der Waals surface area contributed by atoms with Gasteiger partial charge in [-0.3, -0.25) is 4.99 Å². The number of hydrogen-bond acceptors (Lipinski definition) is 3. The summed E-state index contributed by atoms with van der Waals surface area (Å²) in [5.41, 5.74) is -0.290. The number of aliphatic imine (C=N–C) groups is 1. The van der Waals surface area contributed by atoms with E-state index < -0.39 is 11.9 Å². The number of hydrogen-bond donors (Lipinski definition) is 1. The molecule has 0 saturated carbocycles. The summed E-state index contributed by atoms with van der Waals surface area (Å²) in [6.45, 7) is 5.57. The van der Waals surface area contributed by atoms with Gasteiger partial charge < -0.3 is 9.84 Å². The molecule has 0 bridgehead atoms. The second-order valence-electron chi connectivity index (χ2n) is 4.33. The molecule has 2 unspecified atom stereocenters. The van der Waals surface area contributed by atoms with Crippen LogP contribution in [0.3, 0.4) is 0 Å². The molecule has 1 aliphatic rings. The standard InChI is InChI=1S/C10H15Cl2NO2/c1-10(2,3)15-9(14)6-4-5-7(11)13-8(6)12/h4,7,9,14H,5H2,1-3H3. The lowest BCUT2D eigenvalue weighted by Gasteiger charge is -2.26. The zero-order chi connectivity index (χ0) is 11.6. The van der Waals surface area contributed by atoms with E-state index in [9.17, 15) is 5.11 Å². The number of aliphatic hydroxyl groups is 1. The van der Waals surface area contributed by atoms with Gasteiger partial charge in [0.2, 0.25) is 0 Å². The van der Waals surface area contributed by atoms with Crippen molar-refractivity contribution in [3.05, 3.63) is 11.6 Å². The first-order chi connectivity index (χ1) is 6.79. The van der Waals surface area contributed by atoms with E-state index in [4.69, 9.17) is 27.9 Å². The molecule has 3 nitrogen and oxygen atoms in total. The highest BCUT2D eigenvalue weighted by Crippen LogP contribution is 2.23. The van der Waals surface area contributed by atoms with Crippen molar-refractivity contribution in [2.75, 3.05) is 0 Å². The van der Waals surface area contributed by atoms with E-state index in [0.717, 1.165) is 0 Å². The number of dihydropyridines is 1. The molecule has 0 saturated heterocycles. The van der Waals surface area contributed by atoms with E-state index >= 15 is 0 Å². The van der Waals surface area contributed by atoms with Crippen LogP contribution in [0.5, 0.6) is 0 Å². The molecular weight excluding hydrogens is 237 g/mol. The summed E-state index contributed by atoms with van der Waals surface area (Å²) in [5, 5.41) is 9.99. The molecule has 0 fully saturated rings. The van der Waals surface area contributed by atoms with Crippen LogP contribution in [0.2, 0.25) is 0 Å². The van der Waals surface area contributed by atoms with E-state index in [1.807, 2.05) is 20.8 Å². The molecule has 15 heavy (non-hydrogen) atoms. The van der Waals surface area contributed by atoms with Gasteiger partial charge in [-0.2, -0.15) is 0 Å². The normalized spacial score (nSPS) is 24.5. The summed E-state index contributed by atoms with van der Waals surface area (Å²) in [7, 11) is 0. The molecule has 0 aromatic heterocycles. The van der Waals surface area contributed by atoms with Crippen LogP contribution in [0.25, 0.3) is 0 Å². The molecule has 0 amide bonds. The Bertz CT molecular complexity index is 294. The number of nitrogens with zero attached hydrogens (tertiary/aromatic N) is 1. The van der Waals surface area contributed by atoms with E-state index in [1.165, 1.54) is 0 Å². The van der Waals surface area contributed by atoms with Crippen LogP contribution < -0.4 is 0 Å². The Morgan fingerprint density at radius 3 is 2.67 bits per heavy atom. The van der Waals surface area contributed by atoms with Crippen molar-refractivity contribution < 1.29 is 9.84 Å². The van der Waals surface area contributed by atoms with Gasteiger partial charge in [0, 0.05) is 12.0 Å². The minimum Gasteiger partial charge on any atom is -0.364 e. The lowest BCUT2D eigenvalue weighted by atomic mass is 10.1. The summed E-state index contributed by atoms with van der Waals surface area (Å²) in [6, 6.07) is 0. The van der Waals surface area contributed by atoms with E-state index in [0.29, 0.717) is 12.0 Å². The lowest BCUT2D eigenvalue weighted by Crippen LogP contribution is -2.31. The zero-order valence-electron chi connectivity index (χ0n) is 9.00. The topological polar surface area (TPSA) is 41.8 Å². The van der Waals surface area contributed by atoms with Gasteiger partial charge in [-0.05, 0) is 20.8 Å². The molecule has 1 rings (SSSR count). The van der Waals surface area contributed by atoms with Crippen molar-refractivity contribution in [1.82, 2.24) is 0 Å². The molecule has 1 heterocycles. The lowest BCUT2D eigenvalue weighted by molar-refractivity contribution is -0.141. The zero-order valence-corrected chi connectivity index (χ0v) is 10.5. The molecule has 0 radical (unpaired) electrons. The minimum atomic E-state index is -1.05. The van der Waals surface area contributed by atoms with Crippen LogP contribution in [0.15, 0.2) is 16.6 Å². The van der Waals surface area contributed by atoms with Crippen molar-refractivity contribution in [2.24, 2.45) is 4.99 Å². The van der Waals surface area contributed by atoms with Crippen molar-refractivity contribution in [1.29, 1.82) is 0 Å². The van der Waals surface area contributed by atoms with Crippen molar-refractivity contribution in [2.45, 2.75) is 44.6 Å². The Morgan fingerprint density at radius 2 is 2.20 bits per heavy atom. The average Bonchev–Trinajstić information content (AvgIpc) is 1.99. The molecule has 86 valence electrons. The van der Waals surface area contributed by atoms with Gasteiger partial charge >= 0.3 is 0 Å². The van der Waals surface area contributed by atoms with Crippen LogP contribution in [0.4, 0.5) is 0 Å². The second-order valence-corrected chi connectivity index (χ2v) is 5.19. The Kier molecular flexibility index (Phi) is 4.18. The predicted molar refractivity (Wildman–Crippen MR) is 62.5 cm³/mol. The van der Waals surface area contributed by atoms with Gasteiger partial charge in [-0.15, -0.1) is 0 Å². The molecule has 1 aliphatic heterocycles. The maximum absolute atomic E-state index is 9.77. The molecule has 0 aliphatic carbocycles. The smallest absolute Gasteiger partial charge is 0.184 e. The van der Waals surface area contributed by atoms with E-state index in [1.54, 1.807) is 6.08 Å². The third-order valence-electron chi connectivity index (χ3n) is 1.76. The molecule has 5 heteroatoms. The molecule has 0 aromatic rings. The highest BCUT2D eigenvalue weighted by Gasteiger charge is 2.25. The average molecular weight is 252 g/mol. The SMILES string of the molecule is CC(C)(C)OC(O)C1=CCC(Cl)N=C1Cl. The highest BCUT2D eigenvalue weighted by molar-refractivity contribution is 6.70. The first-order valence-electron chi connectivity index (χ1n) is 4.73. The van der Waals surface area contributed by atoms with Crippen molar-refractivity contribution in [3.63, 3.8) is 0 Å². The maximum Gasteiger partial charge on any atom is 0.184 e. The van der Waals surface area contributed by atoms with Gasteiger partial charge in [0.1, 0.15) is 10.7 Å². The third-order valence-corrected chi connectivity index (χ3v) is 2.35.